The van der Waals surface area contributed by atoms with Gasteiger partial charge in [-0.2, -0.15) is 0 Å². The Bertz CT molecular complexity index is 624. The zero-order chi connectivity index (χ0) is 14.5. The molecule has 0 heterocycles. The summed E-state index contributed by atoms with van der Waals surface area (Å²) in [4.78, 5) is 12.0. The van der Waals surface area contributed by atoms with Gasteiger partial charge in [-0.25, -0.2) is 0 Å². The number of aryl methyl sites for hydroxylation is 2. The number of hydrogen-bond acceptors (Lipinski definition) is 2. The minimum Gasteiger partial charge on any atom is -0.325 e. The summed E-state index contributed by atoms with van der Waals surface area (Å²) in [5, 5.41) is 3.00. The lowest BCUT2D eigenvalue weighted by molar-refractivity contribution is -0.113. The van der Waals surface area contributed by atoms with Crippen molar-refractivity contribution in [1.82, 2.24) is 0 Å². The smallest absolute Gasteiger partial charge is 0.234 e. The molecule has 1 N–H and O–H groups in total. The molecular formula is C18H19NOS. The number of carbonyl (C=O) groups excluding carboxylic acids is 1. The summed E-state index contributed by atoms with van der Waals surface area (Å²) in [5.41, 5.74) is 5.02. The lowest BCUT2D eigenvalue weighted by Crippen LogP contribution is -2.14. The predicted octanol–water partition coefficient (Wildman–Crippen LogP) is 4.05. The van der Waals surface area contributed by atoms with Crippen molar-refractivity contribution in [3.05, 3.63) is 65.2 Å². The molecule has 3 rings (SSSR count). The van der Waals surface area contributed by atoms with Gasteiger partial charge < -0.3 is 5.32 Å². The Labute approximate surface area is 130 Å². The maximum Gasteiger partial charge on any atom is 0.234 e. The molecule has 0 radical (unpaired) electrons. The van der Waals surface area contributed by atoms with Gasteiger partial charge in [0.25, 0.3) is 0 Å². The number of thioether (sulfide) groups is 1. The second kappa shape index (κ2) is 6.81. The topological polar surface area (TPSA) is 29.1 Å². The first-order valence-corrected chi connectivity index (χ1v) is 8.50. The van der Waals surface area contributed by atoms with Crippen LogP contribution in [0, 0.1) is 0 Å². The van der Waals surface area contributed by atoms with E-state index in [0.717, 1.165) is 17.9 Å². The van der Waals surface area contributed by atoms with Crippen LogP contribution in [0.1, 0.15) is 23.1 Å². The molecular weight excluding hydrogens is 278 g/mol. The Morgan fingerprint density at radius 2 is 1.86 bits per heavy atom. The maximum atomic E-state index is 12.0. The summed E-state index contributed by atoms with van der Waals surface area (Å²) in [6.07, 6.45) is 3.55. The molecule has 0 unspecified atom stereocenters. The summed E-state index contributed by atoms with van der Waals surface area (Å²) >= 11 is 1.65. The van der Waals surface area contributed by atoms with Gasteiger partial charge in [0.05, 0.1) is 5.75 Å². The largest absolute Gasteiger partial charge is 0.325 e. The standard InChI is InChI=1S/C18H19NOS/c20-18(13-21-12-14-5-2-1-3-6-14)19-17-10-9-15-7-4-8-16(15)11-17/h1-3,5-6,9-11H,4,7-8,12-13H2,(H,19,20). The Morgan fingerprint density at radius 1 is 1.05 bits per heavy atom. The van der Waals surface area contributed by atoms with E-state index >= 15 is 0 Å². The molecule has 0 atom stereocenters. The second-order valence-corrected chi connectivity index (χ2v) is 6.35. The lowest BCUT2D eigenvalue weighted by atomic mass is 10.1. The van der Waals surface area contributed by atoms with Crippen molar-refractivity contribution in [3.63, 3.8) is 0 Å². The average Bonchev–Trinajstić information content (AvgIpc) is 2.96. The summed E-state index contributed by atoms with van der Waals surface area (Å²) in [6, 6.07) is 16.5. The molecule has 3 heteroatoms. The number of anilines is 1. The molecule has 0 bridgehead atoms. The Balaban J connectivity index is 1.48. The van der Waals surface area contributed by atoms with Crippen LogP contribution in [0.2, 0.25) is 0 Å². The third kappa shape index (κ3) is 3.88. The molecule has 0 saturated carbocycles. The van der Waals surface area contributed by atoms with Gasteiger partial charge in [0.1, 0.15) is 0 Å². The summed E-state index contributed by atoms with van der Waals surface area (Å²) in [6.45, 7) is 0. The van der Waals surface area contributed by atoms with E-state index in [1.54, 1.807) is 11.8 Å². The third-order valence-electron chi connectivity index (χ3n) is 3.73. The van der Waals surface area contributed by atoms with Gasteiger partial charge in [-0.05, 0) is 48.1 Å². The number of hydrogen-bond donors (Lipinski definition) is 1. The first kappa shape index (κ1) is 14.2. The first-order valence-electron chi connectivity index (χ1n) is 7.34. The van der Waals surface area contributed by atoms with Gasteiger partial charge in [0, 0.05) is 11.4 Å². The highest BCUT2D eigenvalue weighted by atomic mass is 32.2. The van der Waals surface area contributed by atoms with E-state index in [1.165, 1.54) is 29.5 Å². The van der Waals surface area contributed by atoms with Gasteiger partial charge in [0.2, 0.25) is 5.91 Å². The van der Waals surface area contributed by atoms with Crippen LogP contribution in [0.5, 0.6) is 0 Å². The van der Waals surface area contributed by atoms with Crippen molar-refractivity contribution >= 4 is 23.4 Å². The molecule has 1 aliphatic rings. The van der Waals surface area contributed by atoms with Crippen LogP contribution in [-0.2, 0) is 23.4 Å². The summed E-state index contributed by atoms with van der Waals surface area (Å²) in [5.74, 6) is 1.44. The molecule has 0 aromatic heterocycles. The molecule has 1 amide bonds. The monoisotopic (exact) mass is 297 g/mol. The Morgan fingerprint density at radius 3 is 2.71 bits per heavy atom. The zero-order valence-electron chi connectivity index (χ0n) is 12.0. The molecule has 0 saturated heterocycles. The van der Waals surface area contributed by atoms with Crippen LogP contribution in [-0.4, -0.2) is 11.7 Å². The molecule has 2 aromatic rings. The minimum atomic E-state index is 0.0777. The zero-order valence-corrected chi connectivity index (χ0v) is 12.8. The van der Waals surface area contributed by atoms with Gasteiger partial charge in [0.15, 0.2) is 0 Å². The fourth-order valence-electron chi connectivity index (χ4n) is 2.68. The summed E-state index contributed by atoms with van der Waals surface area (Å²) < 4.78 is 0. The average molecular weight is 297 g/mol. The van der Waals surface area contributed by atoms with E-state index in [-0.39, 0.29) is 5.91 Å². The molecule has 108 valence electrons. The molecule has 0 fully saturated rings. The van der Waals surface area contributed by atoms with Crippen molar-refractivity contribution in [2.45, 2.75) is 25.0 Å². The van der Waals surface area contributed by atoms with E-state index < -0.39 is 0 Å². The van der Waals surface area contributed by atoms with E-state index in [4.69, 9.17) is 0 Å². The fraction of sp³-hybridized carbons (Fsp3) is 0.278. The highest BCUT2D eigenvalue weighted by Gasteiger charge is 2.11. The number of nitrogens with one attached hydrogen (secondary N) is 1. The van der Waals surface area contributed by atoms with Gasteiger partial charge in [-0.3, -0.25) is 4.79 Å². The highest BCUT2D eigenvalue weighted by molar-refractivity contribution is 7.99. The number of fused-ring (bicyclic) bond motifs is 1. The van der Waals surface area contributed by atoms with Crippen molar-refractivity contribution in [2.75, 3.05) is 11.1 Å². The van der Waals surface area contributed by atoms with E-state index in [0.29, 0.717) is 5.75 Å². The fourth-order valence-corrected chi connectivity index (χ4v) is 3.47. The van der Waals surface area contributed by atoms with Crippen molar-refractivity contribution in [2.24, 2.45) is 0 Å². The molecule has 0 spiro atoms. The van der Waals surface area contributed by atoms with Crippen LogP contribution < -0.4 is 5.32 Å². The lowest BCUT2D eigenvalue weighted by Gasteiger charge is -2.07. The molecule has 0 aliphatic heterocycles. The molecule has 2 aromatic carbocycles. The maximum absolute atomic E-state index is 12.0. The van der Waals surface area contributed by atoms with Crippen LogP contribution in [0.3, 0.4) is 0 Å². The van der Waals surface area contributed by atoms with Gasteiger partial charge in [-0.15, -0.1) is 11.8 Å². The SMILES string of the molecule is O=C(CSCc1ccccc1)Nc1ccc2c(c1)CCC2. The van der Waals surface area contributed by atoms with E-state index in [9.17, 15) is 4.79 Å². The van der Waals surface area contributed by atoms with Gasteiger partial charge >= 0.3 is 0 Å². The number of amides is 1. The van der Waals surface area contributed by atoms with Crippen LogP contribution in [0.25, 0.3) is 0 Å². The minimum absolute atomic E-state index is 0.0777. The van der Waals surface area contributed by atoms with Gasteiger partial charge in [-0.1, -0.05) is 36.4 Å². The van der Waals surface area contributed by atoms with E-state index in [1.807, 2.05) is 24.3 Å². The molecule has 21 heavy (non-hydrogen) atoms. The first-order chi connectivity index (χ1) is 10.3. The number of carbonyl (C=O) groups is 1. The van der Waals surface area contributed by atoms with Crippen molar-refractivity contribution < 1.29 is 4.79 Å². The van der Waals surface area contributed by atoms with Crippen molar-refractivity contribution in [1.29, 1.82) is 0 Å². The van der Waals surface area contributed by atoms with Crippen LogP contribution in [0.4, 0.5) is 5.69 Å². The molecule has 2 nitrogen and oxygen atoms in total. The third-order valence-corrected chi connectivity index (χ3v) is 4.73. The Hall–Kier alpha value is -1.74. The highest BCUT2D eigenvalue weighted by Crippen LogP contribution is 2.25. The number of benzene rings is 2. The van der Waals surface area contributed by atoms with Crippen LogP contribution in [0.15, 0.2) is 48.5 Å². The predicted molar refractivity (Wildman–Crippen MR) is 89.7 cm³/mol. The normalized spacial score (nSPS) is 13.0. The van der Waals surface area contributed by atoms with Crippen LogP contribution >= 0.6 is 11.8 Å². The van der Waals surface area contributed by atoms with Crippen molar-refractivity contribution in [3.8, 4) is 0 Å². The van der Waals surface area contributed by atoms with E-state index in [2.05, 4.69) is 29.6 Å². The quantitative estimate of drug-likeness (QED) is 0.902. The number of rotatable bonds is 5. The molecule has 1 aliphatic carbocycles. The second-order valence-electron chi connectivity index (χ2n) is 5.36. The summed E-state index contributed by atoms with van der Waals surface area (Å²) in [7, 11) is 0. The Kier molecular flexibility index (Phi) is 4.61.